The first-order valence-corrected chi connectivity index (χ1v) is 7.76. The molecule has 5 nitrogen and oxygen atoms in total. The predicted molar refractivity (Wildman–Crippen MR) is 78.7 cm³/mol. The minimum atomic E-state index is -0.878. The lowest BCUT2D eigenvalue weighted by atomic mass is 9.89. The molecule has 20 heavy (non-hydrogen) atoms. The van der Waals surface area contributed by atoms with Crippen molar-refractivity contribution in [1.29, 1.82) is 0 Å². The molecule has 1 aliphatic heterocycles. The van der Waals surface area contributed by atoms with E-state index < -0.39 is 12.0 Å². The maximum absolute atomic E-state index is 12.6. The third-order valence-electron chi connectivity index (χ3n) is 4.53. The highest BCUT2D eigenvalue weighted by molar-refractivity contribution is 5.83. The molecule has 5 heteroatoms. The van der Waals surface area contributed by atoms with Gasteiger partial charge in [0.05, 0.1) is 0 Å². The van der Waals surface area contributed by atoms with Gasteiger partial charge in [0.1, 0.15) is 6.04 Å². The Morgan fingerprint density at radius 1 is 1.35 bits per heavy atom. The highest BCUT2D eigenvalue weighted by Crippen LogP contribution is 2.27. The molecule has 0 bridgehead atoms. The number of hydrogen-bond acceptors (Lipinski definition) is 2. The molecule has 2 amide bonds. The number of piperidine rings is 1. The second kappa shape index (κ2) is 7.50. The lowest BCUT2D eigenvalue weighted by Gasteiger charge is -2.41. The Bertz CT molecular complexity index is 346. The molecule has 0 saturated carbocycles. The standard InChI is InChI=1S/C15H28N2O3/c1-5-11(4)16(7-3)15(20)17-9-8-12(6-2)10-13(17)14(18)19/h11-13H,5-10H2,1-4H3,(H,18,19). The van der Waals surface area contributed by atoms with Crippen LogP contribution in [0.3, 0.4) is 0 Å². The fraction of sp³-hybridized carbons (Fsp3) is 0.867. The van der Waals surface area contributed by atoms with Gasteiger partial charge in [0.25, 0.3) is 0 Å². The van der Waals surface area contributed by atoms with Crippen LogP contribution >= 0.6 is 0 Å². The molecule has 116 valence electrons. The minimum absolute atomic E-state index is 0.121. The van der Waals surface area contributed by atoms with Crippen LogP contribution in [-0.4, -0.2) is 52.1 Å². The van der Waals surface area contributed by atoms with Crippen LogP contribution in [-0.2, 0) is 4.79 Å². The minimum Gasteiger partial charge on any atom is -0.480 e. The Morgan fingerprint density at radius 2 is 2.00 bits per heavy atom. The van der Waals surface area contributed by atoms with Crippen LogP contribution in [0.1, 0.15) is 53.4 Å². The van der Waals surface area contributed by atoms with Gasteiger partial charge in [0.2, 0.25) is 0 Å². The molecule has 0 aliphatic carbocycles. The van der Waals surface area contributed by atoms with Gasteiger partial charge in [0, 0.05) is 19.1 Å². The molecule has 1 aliphatic rings. The quantitative estimate of drug-likeness (QED) is 0.844. The molecule has 0 aromatic rings. The monoisotopic (exact) mass is 284 g/mol. The van der Waals surface area contributed by atoms with E-state index in [2.05, 4.69) is 6.92 Å². The van der Waals surface area contributed by atoms with Gasteiger partial charge in [-0.1, -0.05) is 20.3 Å². The van der Waals surface area contributed by atoms with E-state index in [1.165, 1.54) is 0 Å². The molecule has 3 unspecified atom stereocenters. The SMILES string of the molecule is CCC1CCN(C(=O)N(CC)C(C)CC)C(C(=O)O)C1. The molecule has 0 aromatic heterocycles. The summed E-state index contributed by atoms with van der Waals surface area (Å²) in [6.07, 6.45) is 3.34. The third kappa shape index (κ3) is 3.64. The van der Waals surface area contributed by atoms with E-state index in [0.717, 1.165) is 19.3 Å². The number of aliphatic carboxylic acids is 1. The second-order valence-electron chi connectivity index (χ2n) is 5.67. The Morgan fingerprint density at radius 3 is 2.45 bits per heavy atom. The molecular formula is C15H28N2O3. The van der Waals surface area contributed by atoms with Crippen LogP contribution in [0.2, 0.25) is 0 Å². The molecule has 1 heterocycles. The smallest absolute Gasteiger partial charge is 0.326 e. The molecular weight excluding hydrogens is 256 g/mol. The molecule has 3 atom stereocenters. The van der Waals surface area contributed by atoms with Gasteiger partial charge in [-0.2, -0.15) is 0 Å². The van der Waals surface area contributed by atoms with E-state index >= 15 is 0 Å². The number of amides is 2. The lowest BCUT2D eigenvalue weighted by Crippen LogP contribution is -2.56. The topological polar surface area (TPSA) is 60.9 Å². The average Bonchev–Trinajstić information content (AvgIpc) is 2.46. The summed E-state index contributed by atoms with van der Waals surface area (Å²) < 4.78 is 0. The van der Waals surface area contributed by atoms with Crippen molar-refractivity contribution in [1.82, 2.24) is 9.80 Å². The van der Waals surface area contributed by atoms with Crippen molar-refractivity contribution in [3.05, 3.63) is 0 Å². The lowest BCUT2D eigenvalue weighted by molar-refractivity contribution is -0.144. The van der Waals surface area contributed by atoms with Crippen LogP contribution in [0.4, 0.5) is 4.79 Å². The third-order valence-corrected chi connectivity index (χ3v) is 4.53. The zero-order valence-electron chi connectivity index (χ0n) is 13.1. The Balaban J connectivity index is 2.86. The summed E-state index contributed by atoms with van der Waals surface area (Å²) in [5, 5.41) is 9.41. The van der Waals surface area contributed by atoms with Crippen LogP contribution in [0.25, 0.3) is 0 Å². The first-order chi connectivity index (χ1) is 9.46. The van der Waals surface area contributed by atoms with Crippen molar-refractivity contribution in [2.24, 2.45) is 5.92 Å². The van der Waals surface area contributed by atoms with Crippen LogP contribution < -0.4 is 0 Å². The van der Waals surface area contributed by atoms with E-state index in [-0.39, 0.29) is 12.1 Å². The Hall–Kier alpha value is -1.26. The van der Waals surface area contributed by atoms with Gasteiger partial charge >= 0.3 is 12.0 Å². The summed E-state index contributed by atoms with van der Waals surface area (Å²) in [6, 6.07) is -0.644. The highest BCUT2D eigenvalue weighted by atomic mass is 16.4. The number of nitrogens with zero attached hydrogens (tertiary/aromatic N) is 2. The summed E-state index contributed by atoms with van der Waals surface area (Å²) in [5.74, 6) is -0.462. The fourth-order valence-electron chi connectivity index (χ4n) is 2.89. The fourth-order valence-corrected chi connectivity index (χ4v) is 2.89. The second-order valence-corrected chi connectivity index (χ2v) is 5.67. The van der Waals surface area contributed by atoms with Crippen molar-refractivity contribution in [2.75, 3.05) is 13.1 Å². The number of rotatable bonds is 5. The molecule has 0 aromatic carbocycles. The number of likely N-dealkylation sites (tertiary alicyclic amines) is 1. The van der Waals surface area contributed by atoms with Gasteiger partial charge in [-0.15, -0.1) is 0 Å². The maximum atomic E-state index is 12.6. The van der Waals surface area contributed by atoms with Crippen molar-refractivity contribution in [2.45, 2.75) is 65.5 Å². The molecule has 0 radical (unpaired) electrons. The van der Waals surface area contributed by atoms with Crippen molar-refractivity contribution in [3.8, 4) is 0 Å². The molecule has 1 rings (SSSR count). The Labute approximate surface area is 121 Å². The van der Waals surface area contributed by atoms with Crippen molar-refractivity contribution < 1.29 is 14.7 Å². The number of carbonyl (C=O) groups excluding carboxylic acids is 1. The molecule has 1 N–H and O–H groups in total. The number of carboxylic acid groups (broad SMARTS) is 1. The van der Waals surface area contributed by atoms with Gasteiger partial charge < -0.3 is 14.9 Å². The molecule has 1 saturated heterocycles. The van der Waals surface area contributed by atoms with E-state index in [0.29, 0.717) is 25.4 Å². The molecule has 1 fully saturated rings. The number of carbonyl (C=O) groups is 2. The van der Waals surface area contributed by atoms with Crippen molar-refractivity contribution in [3.63, 3.8) is 0 Å². The maximum Gasteiger partial charge on any atom is 0.326 e. The first-order valence-electron chi connectivity index (χ1n) is 7.76. The summed E-state index contributed by atoms with van der Waals surface area (Å²) in [4.78, 5) is 27.4. The molecule has 0 spiro atoms. The first kappa shape index (κ1) is 16.8. The predicted octanol–water partition coefficient (Wildman–Crippen LogP) is 2.80. The van der Waals surface area contributed by atoms with Gasteiger partial charge in [-0.05, 0) is 39.0 Å². The Kier molecular flexibility index (Phi) is 6.30. The zero-order chi connectivity index (χ0) is 15.3. The van der Waals surface area contributed by atoms with Crippen LogP contribution in [0.5, 0.6) is 0 Å². The average molecular weight is 284 g/mol. The number of hydrogen-bond donors (Lipinski definition) is 1. The van der Waals surface area contributed by atoms with E-state index in [1.54, 1.807) is 9.80 Å². The van der Waals surface area contributed by atoms with Crippen LogP contribution in [0.15, 0.2) is 0 Å². The van der Waals surface area contributed by atoms with E-state index in [4.69, 9.17) is 0 Å². The highest BCUT2D eigenvalue weighted by Gasteiger charge is 2.37. The van der Waals surface area contributed by atoms with Crippen LogP contribution in [0, 0.1) is 5.92 Å². The van der Waals surface area contributed by atoms with E-state index in [9.17, 15) is 14.7 Å². The number of urea groups is 1. The van der Waals surface area contributed by atoms with E-state index in [1.807, 2.05) is 20.8 Å². The largest absolute Gasteiger partial charge is 0.480 e. The zero-order valence-corrected chi connectivity index (χ0v) is 13.1. The summed E-state index contributed by atoms with van der Waals surface area (Å²) >= 11 is 0. The van der Waals surface area contributed by atoms with Gasteiger partial charge in [0.15, 0.2) is 0 Å². The van der Waals surface area contributed by atoms with Gasteiger partial charge in [-0.3, -0.25) is 0 Å². The summed E-state index contributed by atoms with van der Waals surface area (Å²) in [6.45, 7) is 9.25. The number of carboxylic acids is 1. The summed E-state index contributed by atoms with van der Waals surface area (Å²) in [7, 11) is 0. The van der Waals surface area contributed by atoms with Gasteiger partial charge in [-0.25, -0.2) is 9.59 Å². The normalized spacial score (nSPS) is 24.3. The van der Waals surface area contributed by atoms with Crippen molar-refractivity contribution >= 4 is 12.0 Å². The summed E-state index contributed by atoms with van der Waals surface area (Å²) in [5.41, 5.74) is 0.